The van der Waals surface area contributed by atoms with Gasteiger partial charge in [0.2, 0.25) is 0 Å². The third-order valence-electron chi connectivity index (χ3n) is 7.07. The Labute approximate surface area is 189 Å². The predicted molar refractivity (Wildman–Crippen MR) is 142 cm³/mol. The van der Waals surface area contributed by atoms with Crippen molar-refractivity contribution in [2.75, 3.05) is 0 Å². The van der Waals surface area contributed by atoms with E-state index in [1.165, 1.54) is 62.8 Å². The zero-order chi connectivity index (χ0) is 22.0. The van der Waals surface area contributed by atoms with Crippen molar-refractivity contribution in [2.45, 2.75) is 64.9 Å². The lowest BCUT2D eigenvalue weighted by molar-refractivity contribution is 0.828. The summed E-state index contributed by atoms with van der Waals surface area (Å²) in [4.78, 5) is 0. The van der Waals surface area contributed by atoms with Crippen molar-refractivity contribution in [3.05, 3.63) is 83.9 Å². The molecule has 1 unspecified atom stereocenters. The highest BCUT2D eigenvalue weighted by atomic mass is 31.1. The minimum absolute atomic E-state index is 0.0744. The second kappa shape index (κ2) is 9.54. The highest BCUT2D eigenvalue weighted by Crippen LogP contribution is 2.53. The molecule has 0 aliphatic rings. The molecule has 4 aromatic rings. The normalized spacial score (nSPS) is 14.6. The zero-order valence-corrected chi connectivity index (χ0v) is 20.5. The molecule has 160 valence electrons. The number of hydrogen-bond donors (Lipinski definition) is 0. The molecule has 1 heteroatoms. The van der Waals surface area contributed by atoms with Gasteiger partial charge in [-0.1, -0.05) is 108 Å². The third-order valence-corrected chi connectivity index (χ3v) is 10.8. The van der Waals surface area contributed by atoms with E-state index in [4.69, 9.17) is 0 Å². The van der Waals surface area contributed by atoms with Crippen LogP contribution in [0.25, 0.3) is 32.7 Å². The Morgan fingerprint density at radius 1 is 0.645 bits per heavy atom. The van der Waals surface area contributed by atoms with Gasteiger partial charge in [-0.15, -0.1) is 0 Å². The van der Waals surface area contributed by atoms with E-state index in [1.54, 1.807) is 0 Å². The van der Waals surface area contributed by atoms with Gasteiger partial charge in [-0.3, -0.25) is 0 Å². The van der Waals surface area contributed by atoms with Crippen molar-refractivity contribution >= 4 is 29.5 Å². The summed E-state index contributed by atoms with van der Waals surface area (Å²) < 4.78 is 0. The molecule has 0 heterocycles. The highest BCUT2D eigenvalue weighted by Gasteiger charge is 2.24. The third kappa shape index (κ3) is 4.28. The molecule has 4 rings (SSSR count). The maximum Gasteiger partial charge on any atom is -0.00608 e. The van der Waals surface area contributed by atoms with Crippen LogP contribution in [0, 0.1) is 6.92 Å². The Hall–Kier alpha value is -2.17. The van der Waals surface area contributed by atoms with Gasteiger partial charge < -0.3 is 0 Å². The summed E-state index contributed by atoms with van der Waals surface area (Å²) >= 11 is 0. The van der Waals surface area contributed by atoms with Gasteiger partial charge in [0, 0.05) is 0 Å². The predicted octanol–water partition coefficient (Wildman–Crippen LogP) is 9.55. The van der Waals surface area contributed by atoms with Crippen LogP contribution in [0.4, 0.5) is 0 Å². The molecule has 0 radical (unpaired) electrons. The average Bonchev–Trinajstić information content (AvgIpc) is 2.81. The molecule has 0 aliphatic carbocycles. The van der Waals surface area contributed by atoms with Gasteiger partial charge in [0.25, 0.3) is 0 Å². The van der Waals surface area contributed by atoms with Crippen LogP contribution in [0.5, 0.6) is 0 Å². The molecule has 0 N–H and O–H groups in total. The Kier molecular flexibility index (Phi) is 6.78. The van der Waals surface area contributed by atoms with Gasteiger partial charge in [-0.25, -0.2) is 0 Å². The SMILES string of the molecule is CC[C@@H](C)P(Cc1ccc2ccccc2c1-c1c(C)ccc2ccccc12)[C@@H](C)CC. The van der Waals surface area contributed by atoms with Crippen LogP contribution in [0.3, 0.4) is 0 Å². The van der Waals surface area contributed by atoms with Crippen LogP contribution in [0.1, 0.15) is 51.7 Å². The minimum Gasteiger partial charge on any atom is -0.0964 e. The van der Waals surface area contributed by atoms with Crippen LogP contribution in [0.15, 0.2) is 72.8 Å². The topological polar surface area (TPSA) is 0 Å². The van der Waals surface area contributed by atoms with E-state index in [1.807, 2.05) is 0 Å². The first-order chi connectivity index (χ1) is 15.0. The molecule has 0 aromatic heterocycles. The van der Waals surface area contributed by atoms with E-state index in [0.717, 1.165) is 11.3 Å². The van der Waals surface area contributed by atoms with Crippen molar-refractivity contribution < 1.29 is 0 Å². The summed E-state index contributed by atoms with van der Waals surface area (Å²) in [6, 6.07) is 27.2. The molecule has 0 nitrogen and oxygen atoms in total. The van der Waals surface area contributed by atoms with E-state index < -0.39 is 0 Å². The van der Waals surface area contributed by atoms with Gasteiger partial charge in [0.05, 0.1) is 0 Å². The van der Waals surface area contributed by atoms with Crippen molar-refractivity contribution in [1.82, 2.24) is 0 Å². The van der Waals surface area contributed by atoms with Gasteiger partial charge >= 0.3 is 0 Å². The molecule has 0 aliphatic heterocycles. The summed E-state index contributed by atoms with van der Waals surface area (Å²) in [6.45, 7) is 11.9. The number of hydrogen-bond acceptors (Lipinski definition) is 0. The lowest BCUT2D eigenvalue weighted by Gasteiger charge is -2.31. The molecular formula is C30H35P. The number of benzene rings is 4. The van der Waals surface area contributed by atoms with Crippen molar-refractivity contribution in [3.63, 3.8) is 0 Å². The first kappa shape index (κ1) is 22.0. The van der Waals surface area contributed by atoms with Crippen LogP contribution in [-0.2, 0) is 6.16 Å². The molecule has 3 atom stereocenters. The summed E-state index contributed by atoms with van der Waals surface area (Å²) in [5, 5.41) is 5.43. The van der Waals surface area contributed by atoms with Crippen LogP contribution in [-0.4, -0.2) is 11.3 Å². The van der Waals surface area contributed by atoms with Crippen molar-refractivity contribution in [3.8, 4) is 11.1 Å². The molecule has 0 bridgehead atoms. The second-order valence-corrected chi connectivity index (χ2v) is 12.1. The highest BCUT2D eigenvalue weighted by molar-refractivity contribution is 7.58. The molecule has 0 spiro atoms. The fourth-order valence-electron chi connectivity index (χ4n) is 4.87. The Morgan fingerprint density at radius 2 is 1.16 bits per heavy atom. The maximum atomic E-state index is 2.47. The largest absolute Gasteiger partial charge is 0.0964 e. The lowest BCUT2D eigenvalue weighted by Crippen LogP contribution is -2.11. The van der Waals surface area contributed by atoms with Gasteiger partial charge in [0.1, 0.15) is 0 Å². The van der Waals surface area contributed by atoms with Crippen LogP contribution >= 0.6 is 7.92 Å². The summed E-state index contributed by atoms with van der Waals surface area (Å²) in [5.41, 5.74) is 7.37. The lowest BCUT2D eigenvalue weighted by atomic mass is 9.88. The Morgan fingerprint density at radius 3 is 1.74 bits per heavy atom. The van der Waals surface area contributed by atoms with Gasteiger partial charge in [-0.05, 0) is 81.0 Å². The molecule has 31 heavy (non-hydrogen) atoms. The molecular weight excluding hydrogens is 391 g/mol. The standard InChI is InChI=1S/C30H35P/c1-6-22(4)31(23(5)7-2)20-26-19-18-25-13-9-11-15-28(25)30(26)29-21(3)16-17-24-12-8-10-14-27(24)29/h8-19,22-23H,6-7,20H2,1-5H3/t22-,23+,31?. The first-order valence-electron chi connectivity index (χ1n) is 11.8. The monoisotopic (exact) mass is 426 g/mol. The number of aryl methyl sites for hydroxylation is 1. The molecule has 0 saturated heterocycles. The average molecular weight is 427 g/mol. The minimum atomic E-state index is -0.0744. The number of rotatable bonds is 7. The van der Waals surface area contributed by atoms with E-state index in [9.17, 15) is 0 Å². The quantitative estimate of drug-likeness (QED) is 0.258. The summed E-state index contributed by atoms with van der Waals surface area (Å²) in [5.74, 6) is 0. The van der Waals surface area contributed by atoms with Gasteiger partial charge in [0.15, 0.2) is 0 Å². The van der Waals surface area contributed by atoms with Gasteiger partial charge in [-0.2, -0.15) is 0 Å². The van der Waals surface area contributed by atoms with Crippen molar-refractivity contribution in [1.29, 1.82) is 0 Å². The molecule has 0 saturated carbocycles. The van der Waals surface area contributed by atoms with E-state index in [0.29, 0.717) is 0 Å². The zero-order valence-electron chi connectivity index (χ0n) is 19.7. The van der Waals surface area contributed by atoms with E-state index in [-0.39, 0.29) is 7.92 Å². The van der Waals surface area contributed by atoms with Crippen molar-refractivity contribution in [2.24, 2.45) is 0 Å². The smallest absolute Gasteiger partial charge is 0.00608 e. The molecule has 4 aromatic carbocycles. The fourth-order valence-corrected chi connectivity index (χ4v) is 7.96. The second-order valence-electron chi connectivity index (χ2n) is 8.99. The summed E-state index contributed by atoms with van der Waals surface area (Å²) in [7, 11) is -0.0744. The van der Waals surface area contributed by atoms with Crippen LogP contribution in [0.2, 0.25) is 0 Å². The summed E-state index contributed by atoms with van der Waals surface area (Å²) in [6.07, 6.45) is 3.75. The Balaban J connectivity index is 2.00. The van der Waals surface area contributed by atoms with Crippen LogP contribution < -0.4 is 0 Å². The van der Waals surface area contributed by atoms with E-state index >= 15 is 0 Å². The Bertz CT molecular complexity index is 1180. The fraction of sp³-hybridized carbons (Fsp3) is 0.333. The molecule has 0 amide bonds. The number of fused-ring (bicyclic) bond motifs is 2. The van der Waals surface area contributed by atoms with E-state index in [2.05, 4.69) is 107 Å². The maximum absolute atomic E-state index is 2.47. The molecule has 0 fully saturated rings. The first-order valence-corrected chi connectivity index (χ1v) is 13.5.